The van der Waals surface area contributed by atoms with E-state index in [2.05, 4.69) is 0 Å². The van der Waals surface area contributed by atoms with Gasteiger partial charge in [-0.25, -0.2) is 4.79 Å². The topological polar surface area (TPSA) is 76.1 Å². The molecule has 2 bridgehead atoms. The number of nitrogens with zero attached hydrogens (tertiary/aromatic N) is 1. The van der Waals surface area contributed by atoms with Crippen molar-refractivity contribution < 1.29 is 24.2 Å². The highest BCUT2D eigenvalue weighted by Crippen LogP contribution is 2.38. The third-order valence-corrected chi connectivity index (χ3v) is 5.15. The lowest BCUT2D eigenvalue weighted by atomic mass is 10.00. The highest BCUT2D eigenvalue weighted by molar-refractivity contribution is 6.32. The smallest absolute Gasteiger partial charge is 0.407 e. The number of halogens is 1. The van der Waals surface area contributed by atoms with Crippen LogP contribution in [0.15, 0.2) is 18.2 Å². The molecular weight excluding hydrogens is 346 g/mol. The predicted molar refractivity (Wildman–Crippen MR) is 92.1 cm³/mol. The van der Waals surface area contributed by atoms with Crippen molar-refractivity contribution >= 4 is 23.7 Å². The van der Waals surface area contributed by atoms with Crippen LogP contribution in [0.2, 0.25) is 5.02 Å². The molecule has 0 spiro atoms. The molecule has 2 atom stereocenters. The van der Waals surface area contributed by atoms with Crippen LogP contribution >= 0.6 is 11.6 Å². The molecule has 0 radical (unpaired) electrons. The lowest BCUT2D eigenvalue weighted by molar-refractivity contribution is -0.142. The number of carboxylic acid groups (broad SMARTS) is 1. The van der Waals surface area contributed by atoms with E-state index in [0.717, 1.165) is 18.4 Å². The van der Waals surface area contributed by atoms with Gasteiger partial charge in [0.2, 0.25) is 0 Å². The highest BCUT2D eigenvalue weighted by Gasteiger charge is 2.44. The molecular formula is C18H22ClNO5. The maximum atomic E-state index is 11.5. The van der Waals surface area contributed by atoms with Crippen LogP contribution in [0, 0.1) is 0 Å². The summed E-state index contributed by atoms with van der Waals surface area (Å²) in [5.41, 5.74) is 0.775. The van der Waals surface area contributed by atoms with Crippen LogP contribution in [0.1, 0.15) is 38.2 Å². The third kappa shape index (κ3) is 4.00. The lowest BCUT2D eigenvalue weighted by Gasteiger charge is -2.37. The van der Waals surface area contributed by atoms with Gasteiger partial charge in [-0.2, -0.15) is 0 Å². The van der Waals surface area contributed by atoms with E-state index in [0.29, 0.717) is 30.2 Å². The molecule has 2 aliphatic heterocycles. The number of piperidine rings is 1. The Kier molecular flexibility index (Phi) is 5.37. The molecule has 136 valence electrons. The molecule has 2 saturated heterocycles. The van der Waals surface area contributed by atoms with Gasteiger partial charge in [-0.15, -0.1) is 0 Å². The fraction of sp³-hybridized carbons (Fsp3) is 0.556. The summed E-state index contributed by atoms with van der Waals surface area (Å²) in [4.78, 5) is 24.4. The number of fused-ring (bicyclic) bond motifs is 2. The molecule has 3 rings (SSSR count). The zero-order valence-electron chi connectivity index (χ0n) is 14.1. The molecule has 1 aromatic carbocycles. The number of carbonyl (C=O) groups is 2. The zero-order chi connectivity index (χ0) is 18.0. The monoisotopic (exact) mass is 367 g/mol. The number of benzene rings is 1. The van der Waals surface area contributed by atoms with Crippen molar-refractivity contribution in [3.8, 4) is 5.75 Å². The fourth-order valence-corrected chi connectivity index (χ4v) is 4.09. The Balaban J connectivity index is 1.62. The van der Waals surface area contributed by atoms with Crippen molar-refractivity contribution in [3.63, 3.8) is 0 Å². The Hall–Kier alpha value is -1.95. The molecule has 25 heavy (non-hydrogen) atoms. The summed E-state index contributed by atoms with van der Waals surface area (Å²) < 4.78 is 11.0. The maximum Gasteiger partial charge on any atom is 0.407 e. The van der Waals surface area contributed by atoms with E-state index < -0.39 is 6.09 Å². The van der Waals surface area contributed by atoms with Crippen molar-refractivity contribution in [2.45, 2.75) is 57.2 Å². The van der Waals surface area contributed by atoms with Crippen LogP contribution in [0.25, 0.3) is 0 Å². The van der Waals surface area contributed by atoms with Gasteiger partial charge in [0.1, 0.15) is 11.9 Å². The van der Waals surface area contributed by atoms with Gasteiger partial charge in [-0.1, -0.05) is 17.7 Å². The molecule has 2 unspecified atom stereocenters. The summed E-state index contributed by atoms with van der Waals surface area (Å²) in [6, 6.07) is 5.35. The highest BCUT2D eigenvalue weighted by atomic mass is 35.5. The van der Waals surface area contributed by atoms with Crippen LogP contribution in [0.4, 0.5) is 4.79 Å². The Morgan fingerprint density at radius 3 is 2.52 bits per heavy atom. The summed E-state index contributed by atoms with van der Waals surface area (Å²) in [7, 11) is 0. The Morgan fingerprint density at radius 1 is 1.28 bits per heavy atom. The lowest BCUT2D eigenvalue weighted by Crippen LogP contribution is -2.48. The Morgan fingerprint density at radius 2 is 1.96 bits per heavy atom. The van der Waals surface area contributed by atoms with Crippen molar-refractivity contribution in [1.29, 1.82) is 0 Å². The molecule has 2 fully saturated rings. The second kappa shape index (κ2) is 7.52. The average molecular weight is 368 g/mol. The van der Waals surface area contributed by atoms with Crippen molar-refractivity contribution in [2.24, 2.45) is 0 Å². The van der Waals surface area contributed by atoms with Gasteiger partial charge in [0.15, 0.2) is 0 Å². The maximum absolute atomic E-state index is 11.5. The van der Waals surface area contributed by atoms with Crippen LogP contribution < -0.4 is 4.74 Å². The minimum absolute atomic E-state index is 0.0307. The van der Waals surface area contributed by atoms with E-state index in [1.165, 1.54) is 0 Å². The number of hydrogen-bond acceptors (Lipinski definition) is 4. The minimum atomic E-state index is -0.840. The molecule has 7 heteroatoms. The SMILES string of the molecule is CCOC(=O)Cc1ccc(OC2CC3CCC(C2)N3C(=O)O)c(Cl)c1. The zero-order valence-corrected chi connectivity index (χ0v) is 14.9. The van der Waals surface area contributed by atoms with E-state index in [-0.39, 0.29) is 30.6 Å². The van der Waals surface area contributed by atoms with Gasteiger partial charge in [-0.05, 0) is 37.5 Å². The number of hydrogen-bond donors (Lipinski definition) is 1. The number of carbonyl (C=O) groups excluding carboxylic acids is 1. The molecule has 1 aromatic rings. The molecule has 1 amide bonds. The van der Waals surface area contributed by atoms with Crippen LogP contribution in [-0.2, 0) is 16.0 Å². The average Bonchev–Trinajstić information content (AvgIpc) is 2.82. The standard InChI is InChI=1S/C18H22ClNO5/c1-2-24-17(21)8-11-3-6-16(15(19)7-11)25-14-9-12-4-5-13(10-14)20(12)18(22)23/h3,6-7,12-14H,2,4-5,8-10H2,1H3,(H,22,23). The molecule has 2 aliphatic rings. The molecule has 0 aromatic heterocycles. The van der Waals surface area contributed by atoms with Crippen molar-refractivity contribution in [1.82, 2.24) is 4.90 Å². The predicted octanol–water partition coefficient (Wildman–Crippen LogP) is 3.50. The first kappa shape index (κ1) is 17.9. The molecule has 1 N–H and O–H groups in total. The fourth-order valence-electron chi connectivity index (χ4n) is 3.84. The summed E-state index contributed by atoms with van der Waals surface area (Å²) in [5, 5.41) is 9.76. The van der Waals surface area contributed by atoms with E-state index >= 15 is 0 Å². The van der Waals surface area contributed by atoms with Gasteiger partial charge in [0.05, 0.1) is 18.1 Å². The van der Waals surface area contributed by atoms with Crippen LogP contribution in [-0.4, -0.2) is 46.9 Å². The number of esters is 1. The Labute approximate surface area is 151 Å². The van der Waals surface area contributed by atoms with Gasteiger partial charge in [-0.3, -0.25) is 4.79 Å². The summed E-state index contributed by atoms with van der Waals surface area (Å²) in [6.07, 6.45) is 2.45. The van der Waals surface area contributed by atoms with E-state index in [9.17, 15) is 14.7 Å². The summed E-state index contributed by atoms with van der Waals surface area (Å²) >= 11 is 6.30. The minimum Gasteiger partial charge on any atom is -0.489 e. The number of amides is 1. The number of rotatable bonds is 5. The van der Waals surface area contributed by atoms with Gasteiger partial charge < -0.3 is 19.5 Å². The first-order valence-corrected chi connectivity index (χ1v) is 8.97. The summed E-state index contributed by atoms with van der Waals surface area (Å²) in [5.74, 6) is 0.285. The normalized spacial score (nSPS) is 24.9. The quantitative estimate of drug-likeness (QED) is 0.806. The van der Waals surface area contributed by atoms with Crippen LogP contribution in [0.3, 0.4) is 0 Å². The van der Waals surface area contributed by atoms with Crippen LogP contribution in [0.5, 0.6) is 5.75 Å². The first-order valence-electron chi connectivity index (χ1n) is 8.60. The number of ether oxygens (including phenoxy) is 2. The molecule has 6 nitrogen and oxygen atoms in total. The molecule has 0 aliphatic carbocycles. The van der Waals surface area contributed by atoms with E-state index in [1.54, 1.807) is 30.0 Å². The van der Waals surface area contributed by atoms with Crippen molar-refractivity contribution in [2.75, 3.05) is 6.61 Å². The third-order valence-electron chi connectivity index (χ3n) is 4.85. The summed E-state index contributed by atoms with van der Waals surface area (Å²) in [6.45, 7) is 2.12. The van der Waals surface area contributed by atoms with E-state index in [4.69, 9.17) is 21.1 Å². The van der Waals surface area contributed by atoms with Crippen molar-refractivity contribution in [3.05, 3.63) is 28.8 Å². The van der Waals surface area contributed by atoms with E-state index in [1.807, 2.05) is 0 Å². The first-order chi connectivity index (χ1) is 12.0. The second-order valence-electron chi connectivity index (χ2n) is 6.53. The van der Waals surface area contributed by atoms with Gasteiger partial charge >= 0.3 is 12.1 Å². The Bertz CT molecular complexity index is 651. The van der Waals surface area contributed by atoms with Gasteiger partial charge in [0.25, 0.3) is 0 Å². The second-order valence-corrected chi connectivity index (χ2v) is 6.94. The van der Waals surface area contributed by atoms with Gasteiger partial charge in [0, 0.05) is 24.9 Å². The molecule has 0 saturated carbocycles. The largest absolute Gasteiger partial charge is 0.489 e. The molecule has 2 heterocycles.